The summed E-state index contributed by atoms with van der Waals surface area (Å²) in [5.41, 5.74) is 1.87. The van der Waals surface area contributed by atoms with Crippen molar-refractivity contribution in [3.05, 3.63) is 36.0 Å². The lowest BCUT2D eigenvalue weighted by atomic mass is 10.1. The Kier molecular flexibility index (Phi) is 4.79. The molecule has 0 radical (unpaired) electrons. The van der Waals surface area contributed by atoms with Crippen molar-refractivity contribution in [3.63, 3.8) is 0 Å². The number of hydrogen-bond donors (Lipinski definition) is 2. The van der Waals surface area contributed by atoms with Crippen LogP contribution < -0.4 is 5.32 Å². The van der Waals surface area contributed by atoms with Gasteiger partial charge in [0.2, 0.25) is 5.91 Å². The molecule has 2 rings (SSSR count). The summed E-state index contributed by atoms with van der Waals surface area (Å²) in [4.78, 5) is 12.1. The second-order valence-electron chi connectivity index (χ2n) is 5.03. The number of aliphatic hydroxyl groups excluding tert-OH is 1. The van der Waals surface area contributed by atoms with E-state index in [-0.39, 0.29) is 18.6 Å². The summed E-state index contributed by atoms with van der Waals surface area (Å²) >= 11 is 0. The lowest BCUT2D eigenvalue weighted by molar-refractivity contribution is -0.122. The van der Waals surface area contributed by atoms with E-state index in [4.69, 9.17) is 0 Å². The lowest BCUT2D eigenvalue weighted by Gasteiger charge is -2.15. The van der Waals surface area contributed by atoms with Crippen molar-refractivity contribution in [1.29, 1.82) is 0 Å². The van der Waals surface area contributed by atoms with Gasteiger partial charge < -0.3 is 15.0 Å². The molecule has 0 unspecified atom stereocenters. The molecular weight excluding hydrogens is 252 g/mol. The predicted molar refractivity (Wildman–Crippen MR) is 80.4 cm³/mol. The molecule has 4 heteroatoms. The minimum atomic E-state index is 0.0152. The topological polar surface area (TPSA) is 54.3 Å². The zero-order valence-corrected chi connectivity index (χ0v) is 12.1. The molecule has 2 aromatic rings. The van der Waals surface area contributed by atoms with E-state index in [1.54, 1.807) is 0 Å². The van der Waals surface area contributed by atoms with E-state index in [1.807, 2.05) is 35.0 Å². The summed E-state index contributed by atoms with van der Waals surface area (Å²) < 4.78 is 1.92. The number of nitrogens with zero attached hydrogens (tertiary/aromatic N) is 1. The van der Waals surface area contributed by atoms with E-state index in [2.05, 4.69) is 19.2 Å². The second kappa shape index (κ2) is 6.57. The number of fused-ring (bicyclic) bond motifs is 1. The molecular formula is C16H22N2O2. The summed E-state index contributed by atoms with van der Waals surface area (Å²) in [6, 6.07) is 7.97. The Labute approximate surface area is 119 Å². The van der Waals surface area contributed by atoms with Gasteiger partial charge in [0.25, 0.3) is 0 Å². The minimum Gasteiger partial charge on any atom is -0.392 e. The molecule has 0 atom stereocenters. The summed E-state index contributed by atoms with van der Waals surface area (Å²) in [6.07, 6.45) is 3.79. The Hall–Kier alpha value is -1.81. The van der Waals surface area contributed by atoms with E-state index < -0.39 is 0 Å². The number of nitrogens with one attached hydrogen (secondary N) is 1. The van der Waals surface area contributed by atoms with Gasteiger partial charge in [-0.2, -0.15) is 0 Å². The molecule has 4 nitrogen and oxygen atoms in total. The number of carbonyl (C=O) groups excluding carboxylic acids is 1. The molecule has 0 spiro atoms. The van der Waals surface area contributed by atoms with Crippen LogP contribution in [-0.4, -0.2) is 21.6 Å². The highest BCUT2D eigenvalue weighted by Gasteiger charge is 2.11. The van der Waals surface area contributed by atoms with Crippen molar-refractivity contribution in [2.75, 3.05) is 0 Å². The maximum Gasteiger partial charge on any atom is 0.240 e. The van der Waals surface area contributed by atoms with Gasteiger partial charge in [-0.3, -0.25) is 4.79 Å². The molecule has 0 aliphatic carbocycles. The van der Waals surface area contributed by atoms with E-state index in [0.29, 0.717) is 6.54 Å². The van der Waals surface area contributed by atoms with Crippen LogP contribution in [0.15, 0.2) is 30.5 Å². The Morgan fingerprint density at radius 2 is 2.05 bits per heavy atom. The fourth-order valence-electron chi connectivity index (χ4n) is 2.48. The van der Waals surface area contributed by atoms with Crippen LogP contribution in [0, 0.1) is 0 Å². The molecule has 1 heterocycles. The van der Waals surface area contributed by atoms with Gasteiger partial charge in [-0.15, -0.1) is 0 Å². The SMILES string of the molecule is CCC(CC)NC(=O)Cn1ccc2c(CO)cccc21. The minimum absolute atomic E-state index is 0.0152. The Morgan fingerprint density at radius 3 is 2.70 bits per heavy atom. The summed E-state index contributed by atoms with van der Waals surface area (Å²) in [5, 5.41) is 13.4. The molecule has 20 heavy (non-hydrogen) atoms. The molecule has 0 fully saturated rings. The number of aliphatic hydroxyl groups is 1. The maximum absolute atomic E-state index is 12.1. The Morgan fingerprint density at radius 1 is 1.30 bits per heavy atom. The number of aromatic nitrogens is 1. The number of benzene rings is 1. The van der Waals surface area contributed by atoms with Crippen LogP contribution in [0.3, 0.4) is 0 Å². The third-order valence-corrected chi connectivity index (χ3v) is 3.74. The van der Waals surface area contributed by atoms with Gasteiger partial charge in [0.1, 0.15) is 6.54 Å². The molecule has 0 bridgehead atoms. The quantitative estimate of drug-likeness (QED) is 0.850. The largest absolute Gasteiger partial charge is 0.392 e. The molecule has 0 aliphatic rings. The number of amides is 1. The number of carbonyl (C=O) groups is 1. The molecule has 1 amide bonds. The molecule has 0 aliphatic heterocycles. The van der Waals surface area contributed by atoms with E-state index in [1.165, 1.54) is 0 Å². The maximum atomic E-state index is 12.1. The molecule has 1 aromatic carbocycles. The summed E-state index contributed by atoms with van der Waals surface area (Å²) in [6.45, 7) is 4.48. The highest BCUT2D eigenvalue weighted by atomic mass is 16.3. The first kappa shape index (κ1) is 14.6. The zero-order valence-electron chi connectivity index (χ0n) is 12.1. The molecule has 2 N–H and O–H groups in total. The van der Waals surface area contributed by atoms with Crippen LogP contribution in [0.2, 0.25) is 0 Å². The monoisotopic (exact) mass is 274 g/mol. The third-order valence-electron chi connectivity index (χ3n) is 3.74. The third kappa shape index (κ3) is 3.02. The predicted octanol–water partition coefficient (Wildman–Crippen LogP) is 2.44. The van der Waals surface area contributed by atoms with Crippen molar-refractivity contribution in [3.8, 4) is 0 Å². The van der Waals surface area contributed by atoms with Crippen LogP contribution in [0.25, 0.3) is 10.9 Å². The fourth-order valence-corrected chi connectivity index (χ4v) is 2.48. The summed E-state index contributed by atoms with van der Waals surface area (Å²) in [5.74, 6) is 0.0330. The van der Waals surface area contributed by atoms with Crippen molar-refractivity contribution < 1.29 is 9.90 Å². The van der Waals surface area contributed by atoms with Crippen LogP contribution in [0.1, 0.15) is 32.3 Å². The second-order valence-corrected chi connectivity index (χ2v) is 5.03. The molecule has 108 valence electrons. The Bertz CT molecular complexity index is 585. The van der Waals surface area contributed by atoms with Crippen molar-refractivity contribution >= 4 is 16.8 Å². The van der Waals surface area contributed by atoms with E-state index in [0.717, 1.165) is 29.3 Å². The standard InChI is InChI=1S/C16H22N2O2/c1-3-13(4-2)17-16(20)10-18-9-8-14-12(11-19)6-5-7-15(14)18/h5-9,13,19H,3-4,10-11H2,1-2H3,(H,17,20). The van der Waals surface area contributed by atoms with Gasteiger partial charge in [-0.25, -0.2) is 0 Å². The van der Waals surface area contributed by atoms with Crippen LogP contribution in [0.5, 0.6) is 0 Å². The van der Waals surface area contributed by atoms with Gasteiger partial charge in [-0.1, -0.05) is 26.0 Å². The average Bonchev–Trinajstić information content (AvgIpc) is 2.87. The first-order chi connectivity index (χ1) is 9.69. The molecule has 0 saturated carbocycles. The molecule has 0 saturated heterocycles. The zero-order chi connectivity index (χ0) is 14.5. The van der Waals surface area contributed by atoms with Crippen molar-refractivity contribution in [2.24, 2.45) is 0 Å². The normalized spacial score (nSPS) is 11.2. The first-order valence-electron chi connectivity index (χ1n) is 7.16. The van der Waals surface area contributed by atoms with E-state index in [9.17, 15) is 9.90 Å². The van der Waals surface area contributed by atoms with Gasteiger partial charge in [0.05, 0.1) is 6.61 Å². The lowest BCUT2D eigenvalue weighted by Crippen LogP contribution is -2.36. The van der Waals surface area contributed by atoms with Gasteiger partial charge in [0.15, 0.2) is 0 Å². The van der Waals surface area contributed by atoms with Crippen molar-refractivity contribution in [2.45, 2.75) is 45.9 Å². The number of rotatable bonds is 6. The smallest absolute Gasteiger partial charge is 0.240 e. The first-order valence-corrected chi connectivity index (χ1v) is 7.16. The summed E-state index contributed by atoms with van der Waals surface area (Å²) in [7, 11) is 0. The average molecular weight is 274 g/mol. The number of hydrogen-bond acceptors (Lipinski definition) is 2. The van der Waals surface area contributed by atoms with Gasteiger partial charge in [-0.05, 0) is 30.5 Å². The van der Waals surface area contributed by atoms with Crippen LogP contribution >= 0.6 is 0 Å². The highest BCUT2D eigenvalue weighted by molar-refractivity contribution is 5.85. The van der Waals surface area contributed by atoms with Crippen molar-refractivity contribution in [1.82, 2.24) is 9.88 Å². The van der Waals surface area contributed by atoms with Crippen LogP contribution in [0.4, 0.5) is 0 Å². The van der Waals surface area contributed by atoms with Gasteiger partial charge >= 0.3 is 0 Å². The van der Waals surface area contributed by atoms with Crippen LogP contribution in [-0.2, 0) is 17.9 Å². The highest BCUT2D eigenvalue weighted by Crippen LogP contribution is 2.20. The van der Waals surface area contributed by atoms with Gasteiger partial charge in [0, 0.05) is 23.1 Å². The van der Waals surface area contributed by atoms with E-state index >= 15 is 0 Å². The Balaban J connectivity index is 2.16. The fraction of sp³-hybridized carbons (Fsp3) is 0.438. The molecule has 1 aromatic heterocycles.